The quantitative estimate of drug-likeness (QED) is 0.764. The lowest BCUT2D eigenvalue weighted by Gasteiger charge is -2.34. The van der Waals surface area contributed by atoms with E-state index in [-0.39, 0.29) is 18.1 Å². The average molecular weight is 280 g/mol. The molecule has 1 unspecified atom stereocenters. The molecule has 0 spiro atoms. The van der Waals surface area contributed by atoms with E-state index in [2.05, 4.69) is 15.3 Å². The number of aromatic carboxylic acids is 1. The maximum absolute atomic E-state index is 11.8. The van der Waals surface area contributed by atoms with Crippen LogP contribution in [-0.2, 0) is 9.53 Å². The molecule has 108 valence electrons. The summed E-state index contributed by atoms with van der Waals surface area (Å²) in [6.45, 7) is 2.80. The molecule has 1 aliphatic heterocycles. The molecule has 1 saturated heterocycles. The van der Waals surface area contributed by atoms with Crippen LogP contribution in [0.4, 0.5) is 5.95 Å². The number of aromatic nitrogens is 2. The molecule has 2 N–H and O–H groups in total. The number of anilines is 1. The number of amides is 1. The second-order valence-corrected chi connectivity index (χ2v) is 4.37. The van der Waals surface area contributed by atoms with E-state index < -0.39 is 12.0 Å². The van der Waals surface area contributed by atoms with E-state index in [0.29, 0.717) is 24.8 Å². The third kappa shape index (κ3) is 2.69. The molecule has 0 bridgehead atoms. The second kappa shape index (κ2) is 5.83. The average Bonchev–Trinajstić information content (AvgIpc) is 2.46. The number of carbonyl (C=O) groups excluding carboxylic acids is 1. The van der Waals surface area contributed by atoms with E-state index in [9.17, 15) is 9.59 Å². The van der Waals surface area contributed by atoms with E-state index in [1.807, 2.05) is 0 Å². The fraction of sp³-hybridized carbons (Fsp3) is 0.500. The minimum atomic E-state index is -1.07. The van der Waals surface area contributed by atoms with Gasteiger partial charge in [0.1, 0.15) is 6.04 Å². The number of aryl methyl sites for hydroxylation is 1. The van der Waals surface area contributed by atoms with Crippen molar-refractivity contribution >= 4 is 17.8 Å². The lowest BCUT2D eigenvalue weighted by Crippen LogP contribution is -2.54. The zero-order valence-corrected chi connectivity index (χ0v) is 11.3. The number of ether oxygens (including phenoxy) is 1. The van der Waals surface area contributed by atoms with Crippen molar-refractivity contribution in [2.75, 3.05) is 31.7 Å². The number of carbonyl (C=O) groups is 2. The maximum atomic E-state index is 11.8. The fourth-order valence-electron chi connectivity index (χ4n) is 2.03. The van der Waals surface area contributed by atoms with Gasteiger partial charge in [0.15, 0.2) is 0 Å². The van der Waals surface area contributed by atoms with E-state index in [0.717, 1.165) is 0 Å². The largest absolute Gasteiger partial charge is 0.478 e. The first-order valence-corrected chi connectivity index (χ1v) is 6.17. The molecule has 1 atom stereocenters. The Hall–Kier alpha value is -2.22. The van der Waals surface area contributed by atoms with Gasteiger partial charge in [-0.05, 0) is 6.92 Å². The molecular formula is C12H16N4O4. The number of rotatable bonds is 3. The molecule has 2 heterocycles. The lowest BCUT2D eigenvalue weighted by molar-refractivity contribution is -0.124. The number of hydrogen-bond donors (Lipinski definition) is 2. The van der Waals surface area contributed by atoms with Gasteiger partial charge in [0.25, 0.3) is 0 Å². The molecule has 1 aromatic heterocycles. The van der Waals surface area contributed by atoms with Crippen molar-refractivity contribution in [1.29, 1.82) is 0 Å². The van der Waals surface area contributed by atoms with Crippen molar-refractivity contribution < 1.29 is 19.4 Å². The second-order valence-electron chi connectivity index (χ2n) is 4.37. The van der Waals surface area contributed by atoms with Crippen LogP contribution in [0.1, 0.15) is 16.1 Å². The molecule has 8 nitrogen and oxygen atoms in total. The number of morpholine rings is 1. The Labute approximate surface area is 115 Å². The van der Waals surface area contributed by atoms with E-state index in [4.69, 9.17) is 9.84 Å². The van der Waals surface area contributed by atoms with Gasteiger partial charge in [-0.25, -0.2) is 14.8 Å². The summed E-state index contributed by atoms with van der Waals surface area (Å²) < 4.78 is 5.30. The summed E-state index contributed by atoms with van der Waals surface area (Å²) in [5.74, 6) is -0.920. The smallest absolute Gasteiger partial charge is 0.339 e. The molecule has 0 aliphatic carbocycles. The molecule has 0 aromatic carbocycles. The lowest BCUT2D eigenvalue weighted by atomic mass is 10.2. The van der Waals surface area contributed by atoms with Gasteiger partial charge >= 0.3 is 5.97 Å². The minimum Gasteiger partial charge on any atom is -0.478 e. The van der Waals surface area contributed by atoms with Crippen LogP contribution in [0.3, 0.4) is 0 Å². The fourth-order valence-corrected chi connectivity index (χ4v) is 2.03. The summed E-state index contributed by atoms with van der Waals surface area (Å²) in [6, 6.07) is -0.510. The van der Waals surface area contributed by atoms with Gasteiger partial charge in [0.05, 0.1) is 24.5 Å². The van der Waals surface area contributed by atoms with Gasteiger partial charge in [-0.15, -0.1) is 0 Å². The third-order valence-electron chi connectivity index (χ3n) is 3.13. The minimum absolute atomic E-state index is 0.0542. The predicted molar refractivity (Wildman–Crippen MR) is 69.7 cm³/mol. The molecule has 0 radical (unpaired) electrons. The van der Waals surface area contributed by atoms with Crippen LogP contribution >= 0.6 is 0 Å². The number of nitrogens with zero attached hydrogens (tertiary/aromatic N) is 3. The Kier molecular flexibility index (Phi) is 4.14. The Balaban J connectivity index is 2.31. The highest BCUT2D eigenvalue weighted by Gasteiger charge is 2.31. The van der Waals surface area contributed by atoms with Gasteiger partial charge in [-0.2, -0.15) is 0 Å². The topological polar surface area (TPSA) is 105 Å². The summed E-state index contributed by atoms with van der Waals surface area (Å²) in [4.78, 5) is 32.7. The summed E-state index contributed by atoms with van der Waals surface area (Å²) in [5.41, 5.74) is 0.420. The Morgan fingerprint density at radius 3 is 2.90 bits per heavy atom. The van der Waals surface area contributed by atoms with Crippen molar-refractivity contribution in [3.05, 3.63) is 17.5 Å². The summed E-state index contributed by atoms with van der Waals surface area (Å²) in [5, 5.41) is 11.5. The van der Waals surface area contributed by atoms with Crippen LogP contribution in [0.25, 0.3) is 0 Å². The number of carboxylic acid groups (broad SMARTS) is 1. The molecule has 1 aromatic rings. The van der Waals surface area contributed by atoms with E-state index in [1.54, 1.807) is 18.9 Å². The zero-order chi connectivity index (χ0) is 14.7. The predicted octanol–water partition coefficient (Wildman–Crippen LogP) is -0.566. The van der Waals surface area contributed by atoms with E-state index in [1.165, 1.54) is 6.20 Å². The van der Waals surface area contributed by atoms with Crippen molar-refractivity contribution in [2.24, 2.45) is 0 Å². The summed E-state index contributed by atoms with van der Waals surface area (Å²) >= 11 is 0. The Bertz CT molecular complexity index is 534. The highest BCUT2D eigenvalue weighted by atomic mass is 16.5. The number of hydrogen-bond acceptors (Lipinski definition) is 6. The standard InChI is InChI=1S/C12H16N4O4/c1-7-8(11(18)19)5-14-12(15-7)16-3-4-20-6-9(16)10(17)13-2/h5,9H,3-4,6H2,1-2H3,(H,13,17)(H,18,19). The van der Waals surface area contributed by atoms with Gasteiger partial charge < -0.3 is 20.1 Å². The molecule has 1 amide bonds. The van der Waals surface area contributed by atoms with Gasteiger partial charge in [-0.3, -0.25) is 4.79 Å². The first-order valence-electron chi connectivity index (χ1n) is 6.17. The normalized spacial score (nSPS) is 18.7. The van der Waals surface area contributed by atoms with Crippen molar-refractivity contribution in [3.8, 4) is 0 Å². The molecule has 8 heteroatoms. The number of nitrogens with one attached hydrogen (secondary N) is 1. The van der Waals surface area contributed by atoms with Crippen molar-refractivity contribution in [3.63, 3.8) is 0 Å². The number of likely N-dealkylation sites (N-methyl/N-ethyl adjacent to an activating group) is 1. The summed E-state index contributed by atoms with van der Waals surface area (Å²) in [7, 11) is 1.55. The highest BCUT2D eigenvalue weighted by Crippen LogP contribution is 2.17. The van der Waals surface area contributed by atoms with Gasteiger partial charge in [0.2, 0.25) is 11.9 Å². The number of carboxylic acids is 1. The van der Waals surface area contributed by atoms with Crippen LogP contribution in [0.5, 0.6) is 0 Å². The van der Waals surface area contributed by atoms with Crippen molar-refractivity contribution in [2.45, 2.75) is 13.0 Å². The Morgan fingerprint density at radius 2 is 2.30 bits per heavy atom. The monoisotopic (exact) mass is 280 g/mol. The molecule has 1 fully saturated rings. The molecule has 0 saturated carbocycles. The van der Waals surface area contributed by atoms with Crippen LogP contribution in [0.2, 0.25) is 0 Å². The first-order chi connectivity index (χ1) is 9.54. The van der Waals surface area contributed by atoms with Gasteiger partial charge in [-0.1, -0.05) is 0 Å². The van der Waals surface area contributed by atoms with Crippen LogP contribution in [0, 0.1) is 6.92 Å². The van der Waals surface area contributed by atoms with Crippen LogP contribution in [-0.4, -0.2) is 59.8 Å². The van der Waals surface area contributed by atoms with Gasteiger partial charge in [0, 0.05) is 19.8 Å². The Morgan fingerprint density at radius 1 is 1.55 bits per heavy atom. The van der Waals surface area contributed by atoms with E-state index >= 15 is 0 Å². The molecule has 20 heavy (non-hydrogen) atoms. The first kappa shape index (κ1) is 14.2. The highest BCUT2D eigenvalue weighted by molar-refractivity contribution is 5.88. The van der Waals surface area contributed by atoms with Crippen LogP contribution in [0.15, 0.2) is 6.20 Å². The summed E-state index contributed by atoms with van der Waals surface area (Å²) in [6.07, 6.45) is 1.26. The zero-order valence-electron chi connectivity index (χ0n) is 11.3. The molecular weight excluding hydrogens is 264 g/mol. The van der Waals surface area contributed by atoms with Crippen molar-refractivity contribution in [1.82, 2.24) is 15.3 Å². The molecule has 2 rings (SSSR count). The SMILES string of the molecule is CNC(=O)C1COCCN1c1ncc(C(=O)O)c(C)n1. The third-order valence-corrected chi connectivity index (χ3v) is 3.13. The van der Waals surface area contributed by atoms with Crippen LogP contribution < -0.4 is 10.2 Å². The maximum Gasteiger partial charge on any atom is 0.339 e. The molecule has 1 aliphatic rings.